The maximum atomic E-state index is 12.6. The second-order valence-corrected chi connectivity index (χ2v) is 6.02. The lowest BCUT2D eigenvalue weighted by molar-refractivity contribution is -0.128. The van der Waals surface area contributed by atoms with Crippen molar-refractivity contribution in [3.8, 4) is 11.5 Å². The van der Waals surface area contributed by atoms with E-state index in [1.807, 2.05) is 32.0 Å². The molecule has 0 aromatic heterocycles. The number of ether oxygens (including phenoxy) is 2. The highest BCUT2D eigenvalue weighted by molar-refractivity contribution is 5.86. The van der Waals surface area contributed by atoms with Gasteiger partial charge in [0.05, 0.1) is 25.8 Å². The molecule has 6 heteroatoms. The van der Waals surface area contributed by atoms with Gasteiger partial charge in [-0.1, -0.05) is 0 Å². The van der Waals surface area contributed by atoms with Crippen molar-refractivity contribution >= 4 is 18.3 Å². The van der Waals surface area contributed by atoms with E-state index >= 15 is 0 Å². The van der Waals surface area contributed by atoms with E-state index in [0.29, 0.717) is 0 Å². The zero-order valence-electron chi connectivity index (χ0n) is 14.3. The molecule has 2 atom stereocenters. The third kappa shape index (κ3) is 4.52. The van der Waals surface area contributed by atoms with Gasteiger partial charge in [-0.2, -0.15) is 0 Å². The minimum Gasteiger partial charge on any atom is -0.497 e. The molecule has 1 amide bonds. The number of amides is 1. The molecule has 1 aromatic carbocycles. The molecular weight excluding hydrogens is 316 g/mol. The summed E-state index contributed by atoms with van der Waals surface area (Å²) in [6.07, 6.45) is 3.07. The second-order valence-electron chi connectivity index (χ2n) is 6.02. The fraction of sp³-hybridized carbons (Fsp3) is 0.588. The van der Waals surface area contributed by atoms with E-state index in [2.05, 4.69) is 10.6 Å². The molecule has 23 heavy (non-hydrogen) atoms. The van der Waals surface area contributed by atoms with Crippen LogP contribution in [0.25, 0.3) is 0 Å². The first-order chi connectivity index (χ1) is 10.5. The number of halogens is 1. The van der Waals surface area contributed by atoms with Crippen molar-refractivity contribution in [3.63, 3.8) is 0 Å². The number of hydrogen-bond donors (Lipinski definition) is 2. The number of hydrogen-bond acceptors (Lipinski definition) is 4. The van der Waals surface area contributed by atoms with Crippen molar-refractivity contribution in [2.45, 2.75) is 44.7 Å². The van der Waals surface area contributed by atoms with Gasteiger partial charge < -0.3 is 20.1 Å². The Kier molecular flexibility index (Phi) is 7.16. The molecule has 1 aromatic rings. The molecule has 1 heterocycles. The van der Waals surface area contributed by atoms with E-state index in [1.54, 1.807) is 14.2 Å². The SMILES string of the molecule is COc1ccc(OC)c(C(C)NC(=O)C2(C)CCCCN2)c1.Cl. The number of piperidine rings is 1. The molecule has 0 spiro atoms. The van der Waals surface area contributed by atoms with Crippen molar-refractivity contribution in [2.24, 2.45) is 0 Å². The largest absolute Gasteiger partial charge is 0.497 e. The molecule has 1 saturated heterocycles. The summed E-state index contributed by atoms with van der Waals surface area (Å²) in [6, 6.07) is 5.46. The van der Waals surface area contributed by atoms with Gasteiger partial charge in [-0.25, -0.2) is 0 Å². The molecule has 2 rings (SSSR count). The molecule has 0 saturated carbocycles. The molecule has 1 fully saturated rings. The third-order valence-electron chi connectivity index (χ3n) is 4.37. The summed E-state index contributed by atoms with van der Waals surface area (Å²) in [5.74, 6) is 1.53. The second kappa shape index (κ2) is 8.41. The van der Waals surface area contributed by atoms with Crippen LogP contribution in [0.2, 0.25) is 0 Å². The Morgan fingerprint density at radius 2 is 2.04 bits per heavy atom. The highest BCUT2D eigenvalue weighted by atomic mass is 35.5. The molecular formula is C17H27ClN2O3. The smallest absolute Gasteiger partial charge is 0.240 e. The lowest BCUT2D eigenvalue weighted by Crippen LogP contribution is -2.57. The topological polar surface area (TPSA) is 59.6 Å². The Balaban J connectivity index is 0.00000264. The molecule has 1 aliphatic rings. The van der Waals surface area contributed by atoms with Gasteiger partial charge in [-0.3, -0.25) is 4.79 Å². The summed E-state index contributed by atoms with van der Waals surface area (Å²) in [5, 5.41) is 6.43. The van der Waals surface area contributed by atoms with Crippen LogP contribution in [0.15, 0.2) is 18.2 Å². The van der Waals surface area contributed by atoms with E-state index < -0.39 is 5.54 Å². The Hall–Kier alpha value is -1.46. The molecule has 0 aliphatic carbocycles. The van der Waals surface area contributed by atoms with Crippen LogP contribution >= 0.6 is 12.4 Å². The predicted molar refractivity (Wildman–Crippen MR) is 93.6 cm³/mol. The van der Waals surface area contributed by atoms with Crippen molar-refractivity contribution < 1.29 is 14.3 Å². The third-order valence-corrected chi connectivity index (χ3v) is 4.37. The zero-order valence-corrected chi connectivity index (χ0v) is 15.1. The number of carbonyl (C=O) groups is 1. The fourth-order valence-corrected chi connectivity index (χ4v) is 2.86. The highest BCUT2D eigenvalue weighted by Gasteiger charge is 2.35. The van der Waals surface area contributed by atoms with Gasteiger partial charge in [0.15, 0.2) is 0 Å². The van der Waals surface area contributed by atoms with Gasteiger partial charge in [0, 0.05) is 5.56 Å². The van der Waals surface area contributed by atoms with Crippen LogP contribution in [0.3, 0.4) is 0 Å². The van der Waals surface area contributed by atoms with Crippen LogP contribution in [0.4, 0.5) is 0 Å². The first-order valence-corrected chi connectivity index (χ1v) is 7.78. The first-order valence-electron chi connectivity index (χ1n) is 7.78. The van der Waals surface area contributed by atoms with E-state index in [9.17, 15) is 4.79 Å². The number of rotatable bonds is 5. The molecule has 130 valence electrons. The molecule has 2 unspecified atom stereocenters. The summed E-state index contributed by atoms with van der Waals surface area (Å²) < 4.78 is 10.7. The zero-order chi connectivity index (χ0) is 16.2. The number of carbonyl (C=O) groups excluding carboxylic acids is 1. The van der Waals surface area contributed by atoms with Crippen LogP contribution in [0, 0.1) is 0 Å². The predicted octanol–water partition coefficient (Wildman–Crippen LogP) is 2.84. The summed E-state index contributed by atoms with van der Waals surface area (Å²) >= 11 is 0. The summed E-state index contributed by atoms with van der Waals surface area (Å²) in [5.41, 5.74) is 0.424. The van der Waals surface area contributed by atoms with Gasteiger partial charge >= 0.3 is 0 Å². The lowest BCUT2D eigenvalue weighted by Gasteiger charge is -2.34. The molecule has 0 bridgehead atoms. The van der Waals surface area contributed by atoms with Gasteiger partial charge in [0.25, 0.3) is 0 Å². The molecule has 0 radical (unpaired) electrons. The quantitative estimate of drug-likeness (QED) is 0.863. The highest BCUT2D eigenvalue weighted by Crippen LogP contribution is 2.30. The van der Waals surface area contributed by atoms with Gasteiger partial charge in [0.1, 0.15) is 11.5 Å². The standard InChI is InChI=1S/C17H26N2O3.ClH/c1-12(14-11-13(21-3)7-8-15(14)22-4)19-16(20)17(2)9-5-6-10-18-17;/h7-8,11-12,18H,5-6,9-10H2,1-4H3,(H,19,20);1H. The van der Waals surface area contributed by atoms with Gasteiger partial charge in [-0.15, -0.1) is 12.4 Å². The van der Waals surface area contributed by atoms with E-state index in [4.69, 9.17) is 9.47 Å². The van der Waals surface area contributed by atoms with Crippen LogP contribution in [-0.4, -0.2) is 32.2 Å². The lowest BCUT2D eigenvalue weighted by atomic mass is 9.89. The molecule has 5 nitrogen and oxygen atoms in total. The minimum absolute atomic E-state index is 0. The number of nitrogens with one attached hydrogen (secondary N) is 2. The summed E-state index contributed by atoms with van der Waals surface area (Å²) in [4.78, 5) is 12.6. The average molecular weight is 343 g/mol. The van der Waals surface area contributed by atoms with E-state index in [-0.39, 0.29) is 24.4 Å². The van der Waals surface area contributed by atoms with Crippen LogP contribution < -0.4 is 20.1 Å². The monoisotopic (exact) mass is 342 g/mol. The normalized spacial score (nSPS) is 21.7. The average Bonchev–Trinajstić information content (AvgIpc) is 2.54. The maximum Gasteiger partial charge on any atom is 0.240 e. The van der Waals surface area contributed by atoms with E-state index in [1.165, 1.54) is 0 Å². The number of methoxy groups -OCH3 is 2. The molecule has 2 N–H and O–H groups in total. The summed E-state index contributed by atoms with van der Waals surface area (Å²) in [6.45, 7) is 4.82. The Bertz CT molecular complexity index is 531. The number of benzene rings is 1. The van der Waals surface area contributed by atoms with Crippen LogP contribution in [-0.2, 0) is 4.79 Å². The maximum absolute atomic E-state index is 12.6. The van der Waals surface area contributed by atoms with Crippen molar-refractivity contribution in [1.82, 2.24) is 10.6 Å². The Morgan fingerprint density at radius 3 is 2.61 bits per heavy atom. The Labute approximate surface area is 144 Å². The van der Waals surface area contributed by atoms with E-state index in [0.717, 1.165) is 42.9 Å². The summed E-state index contributed by atoms with van der Waals surface area (Å²) in [7, 11) is 3.26. The van der Waals surface area contributed by atoms with Gasteiger partial charge in [0.2, 0.25) is 5.91 Å². The van der Waals surface area contributed by atoms with Gasteiger partial charge in [-0.05, 0) is 57.9 Å². The Morgan fingerprint density at radius 1 is 1.30 bits per heavy atom. The molecule has 1 aliphatic heterocycles. The minimum atomic E-state index is -0.487. The fourth-order valence-electron chi connectivity index (χ4n) is 2.86. The van der Waals surface area contributed by atoms with Crippen molar-refractivity contribution in [2.75, 3.05) is 20.8 Å². The van der Waals surface area contributed by atoms with Crippen molar-refractivity contribution in [3.05, 3.63) is 23.8 Å². The van der Waals surface area contributed by atoms with Crippen molar-refractivity contribution in [1.29, 1.82) is 0 Å². The first kappa shape index (κ1) is 19.6. The van der Waals surface area contributed by atoms with Crippen LogP contribution in [0.5, 0.6) is 11.5 Å². The van der Waals surface area contributed by atoms with Crippen LogP contribution in [0.1, 0.15) is 44.7 Å².